The van der Waals surface area contributed by atoms with Gasteiger partial charge in [-0.2, -0.15) is 5.10 Å². The average Bonchev–Trinajstić information content (AvgIpc) is 2.83. The highest BCUT2D eigenvalue weighted by molar-refractivity contribution is 7.15. The SMILES string of the molecule is CCc1nn(C)c(C(=O)Nc2nnc(C)s2)c1N. The van der Waals surface area contributed by atoms with Gasteiger partial charge in [-0.05, 0) is 13.3 Å². The van der Waals surface area contributed by atoms with Gasteiger partial charge in [0.1, 0.15) is 10.7 Å². The molecule has 0 aromatic carbocycles. The van der Waals surface area contributed by atoms with Gasteiger partial charge in [-0.3, -0.25) is 14.8 Å². The van der Waals surface area contributed by atoms with Crippen LogP contribution in [0.1, 0.15) is 28.1 Å². The Balaban J connectivity index is 2.26. The highest BCUT2D eigenvalue weighted by atomic mass is 32.1. The average molecular weight is 266 g/mol. The molecular formula is C10H14N6OS. The summed E-state index contributed by atoms with van der Waals surface area (Å²) < 4.78 is 1.48. The van der Waals surface area contributed by atoms with Gasteiger partial charge in [0.15, 0.2) is 0 Å². The Morgan fingerprint density at radius 1 is 1.50 bits per heavy atom. The molecule has 0 aliphatic heterocycles. The molecule has 18 heavy (non-hydrogen) atoms. The van der Waals surface area contributed by atoms with Crippen molar-refractivity contribution >= 4 is 28.1 Å². The van der Waals surface area contributed by atoms with Crippen LogP contribution >= 0.6 is 11.3 Å². The van der Waals surface area contributed by atoms with Crippen molar-refractivity contribution < 1.29 is 4.79 Å². The minimum absolute atomic E-state index is 0.321. The summed E-state index contributed by atoms with van der Waals surface area (Å²) in [6.45, 7) is 3.76. The van der Waals surface area contributed by atoms with Crippen molar-refractivity contribution in [3.8, 4) is 0 Å². The lowest BCUT2D eigenvalue weighted by Gasteiger charge is -2.02. The number of aryl methyl sites for hydroxylation is 3. The summed E-state index contributed by atoms with van der Waals surface area (Å²) in [6, 6.07) is 0. The quantitative estimate of drug-likeness (QED) is 0.862. The third-order valence-corrected chi connectivity index (χ3v) is 3.21. The largest absolute Gasteiger partial charge is 0.395 e. The van der Waals surface area contributed by atoms with Crippen LogP contribution in [0, 0.1) is 6.92 Å². The maximum absolute atomic E-state index is 12.1. The molecule has 2 aromatic heterocycles. The van der Waals surface area contributed by atoms with Crippen molar-refractivity contribution in [3.05, 3.63) is 16.4 Å². The summed E-state index contributed by atoms with van der Waals surface area (Å²) in [6.07, 6.45) is 0.685. The van der Waals surface area contributed by atoms with Gasteiger partial charge in [0, 0.05) is 7.05 Å². The lowest BCUT2D eigenvalue weighted by molar-refractivity contribution is 0.101. The first kappa shape index (κ1) is 12.5. The molecule has 0 radical (unpaired) electrons. The monoisotopic (exact) mass is 266 g/mol. The van der Waals surface area contributed by atoms with E-state index in [0.29, 0.717) is 22.9 Å². The fourth-order valence-electron chi connectivity index (χ4n) is 1.63. The van der Waals surface area contributed by atoms with E-state index in [0.717, 1.165) is 10.7 Å². The summed E-state index contributed by atoms with van der Waals surface area (Å²) in [7, 11) is 1.69. The van der Waals surface area contributed by atoms with E-state index in [9.17, 15) is 4.79 Å². The lowest BCUT2D eigenvalue weighted by Crippen LogP contribution is -2.17. The molecule has 0 aliphatic carbocycles. The first-order valence-electron chi connectivity index (χ1n) is 5.45. The predicted molar refractivity (Wildman–Crippen MR) is 69.6 cm³/mol. The number of carbonyl (C=O) groups excluding carboxylic acids is 1. The Morgan fingerprint density at radius 3 is 2.72 bits per heavy atom. The highest BCUT2D eigenvalue weighted by Crippen LogP contribution is 2.20. The molecule has 96 valence electrons. The summed E-state index contributed by atoms with van der Waals surface area (Å²) in [5.41, 5.74) is 7.38. The number of nitrogens with two attached hydrogens (primary N) is 1. The number of nitrogens with one attached hydrogen (secondary N) is 1. The highest BCUT2D eigenvalue weighted by Gasteiger charge is 2.20. The Bertz CT molecular complexity index is 587. The van der Waals surface area contributed by atoms with Crippen LogP contribution in [-0.4, -0.2) is 25.9 Å². The van der Waals surface area contributed by atoms with Gasteiger partial charge >= 0.3 is 0 Å². The number of rotatable bonds is 3. The molecule has 0 atom stereocenters. The molecule has 0 saturated heterocycles. The van der Waals surface area contributed by atoms with Gasteiger partial charge in [-0.1, -0.05) is 18.3 Å². The second kappa shape index (κ2) is 4.73. The number of hydrogen-bond acceptors (Lipinski definition) is 6. The molecule has 1 amide bonds. The fraction of sp³-hybridized carbons (Fsp3) is 0.400. The molecule has 0 bridgehead atoms. The van der Waals surface area contributed by atoms with Gasteiger partial charge in [0.25, 0.3) is 5.91 Å². The molecule has 2 heterocycles. The maximum Gasteiger partial charge on any atom is 0.277 e. The summed E-state index contributed by atoms with van der Waals surface area (Å²) >= 11 is 1.31. The van der Waals surface area contributed by atoms with E-state index >= 15 is 0 Å². The number of hydrogen-bond donors (Lipinski definition) is 2. The van der Waals surface area contributed by atoms with Gasteiger partial charge in [-0.25, -0.2) is 0 Å². The zero-order valence-electron chi connectivity index (χ0n) is 10.4. The van der Waals surface area contributed by atoms with Crippen LogP contribution in [0.25, 0.3) is 0 Å². The standard InChI is InChI=1S/C10H14N6OS/c1-4-6-7(11)8(16(3)15-6)9(17)12-10-14-13-5(2)18-10/h4,11H2,1-3H3,(H,12,14,17). The predicted octanol–water partition coefficient (Wildman–Crippen LogP) is 0.977. The van der Waals surface area contributed by atoms with Crippen LogP contribution in [0.3, 0.4) is 0 Å². The minimum atomic E-state index is -0.321. The van der Waals surface area contributed by atoms with Gasteiger partial charge < -0.3 is 5.73 Å². The van der Waals surface area contributed by atoms with Crippen LogP contribution in [-0.2, 0) is 13.5 Å². The zero-order chi connectivity index (χ0) is 13.3. The van der Waals surface area contributed by atoms with Gasteiger partial charge in [0.05, 0.1) is 11.4 Å². The van der Waals surface area contributed by atoms with E-state index in [2.05, 4.69) is 20.6 Å². The number of amides is 1. The molecule has 0 aliphatic rings. The van der Waals surface area contributed by atoms with Crippen molar-refractivity contribution in [2.45, 2.75) is 20.3 Å². The second-order valence-electron chi connectivity index (χ2n) is 3.77. The number of nitrogens with zero attached hydrogens (tertiary/aromatic N) is 4. The molecule has 7 nitrogen and oxygen atoms in total. The normalized spacial score (nSPS) is 10.6. The smallest absolute Gasteiger partial charge is 0.277 e. The summed E-state index contributed by atoms with van der Waals surface area (Å²) in [5, 5.41) is 15.8. The number of carbonyl (C=O) groups is 1. The third kappa shape index (κ3) is 2.19. The van der Waals surface area contributed by atoms with Crippen molar-refractivity contribution in [1.82, 2.24) is 20.0 Å². The molecular weight excluding hydrogens is 252 g/mol. The lowest BCUT2D eigenvalue weighted by atomic mass is 10.2. The molecule has 3 N–H and O–H groups in total. The van der Waals surface area contributed by atoms with Gasteiger partial charge in [0.2, 0.25) is 5.13 Å². The Hall–Kier alpha value is -1.96. The number of aromatic nitrogens is 4. The first-order chi connectivity index (χ1) is 8.52. The topological polar surface area (TPSA) is 98.7 Å². The Kier molecular flexibility index (Phi) is 3.28. The van der Waals surface area contributed by atoms with Crippen LogP contribution in [0.4, 0.5) is 10.8 Å². The molecule has 0 fully saturated rings. The van der Waals surface area contributed by atoms with E-state index in [1.54, 1.807) is 7.05 Å². The summed E-state index contributed by atoms with van der Waals surface area (Å²) in [5.74, 6) is -0.321. The van der Waals surface area contributed by atoms with Crippen molar-refractivity contribution in [2.75, 3.05) is 11.1 Å². The van der Waals surface area contributed by atoms with E-state index in [1.807, 2.05) is 13.8 Å². The van der Waals surface area contributed by atoms with Crippen molar-refractivity contribution in [3.63, 3.8) is 0 Å². The van der Waals surface area contributed by atoms with Gasteiger partial charge in [-0.15, -0.1) is 10.2 Å². The number of anilines is 2. The van der Waals surface area contributed by atoms with Crippen LogP contribution < -0.4 is 11.1 Å². The van der Waals surface area contributed by atoms with Crippen LogP contribution in [0.5, 0.6) is 0 Å². The molecule has 0 saturated carbocycles. The Labute approximate surface area is 108 Å². The van der Waals surface area contributed by atoms with E-state index in [-0.39, 0.29) is 5.91 Å². The van der Waals surface area contributed by atoms with E-state index < -0.39 is 0 Å². The summed E-state index contributed by atoms with van der Waals surface area (Å²) in [4.78, 5) is 12.1. The van der Waals surface area contributed by atoms with Crippen LogP contribution in [0.2, 0.25) is 0 Å². The first-order valence-corrected chi connectivity index (χ1v) is 6.27. The molecule has 0 unspecified atom stereocenters. The molecule has 8 heteroatoms. The van der Waals surface area contributed by atoms with Crippen molar-refractivity contribution in [1.29, 1.82) is 0 Å². The van der Waals surface area contributed by atoms with E-state index in [1.165, 1.54) is 16.0 Å². The zero-order valence-corrected chi connectivity index (χ0v) is 11.2. The number of nitrogen functional groups attached to an aromatic ring is 1. The maximum atomic E-state index is 12.1. The van der Waals surface area contributed by atoms with Crippen LogP contribution in [0.15, 0.2) is 0 Å². The third-order valence-electron chi connectivity index (χ3n) is 2.46. The second-order valence-corrected chi connectivity index (χ2v) is 4.95. The minimum Gasteiger partial charge on any atom is -0.395 e. The van der Waals surface area contributed by atoms with E-state index in [4.69, 9.17) is 5.73 Å². The molecule has 2 rings (SSSR count). The molecule has 2 aromatic rings. The Morgan fingerprint density at radius 2 is 2.22 bits per heavy atom. The van der Waals surface area contributed by atoms with Crippen molar-refractivity contribution in [2.24, 2.45) is 7.05 Å². The fourth-order valence-corrected chi connectivity index (χ4v) is 2.22. The molecule has 0 spiro atoms.